The van der Waals surface area contributed by atoms with Crippen molar-refractivity contribution in [3.63, 3.8) is 0 Å². The van der Waals surface area contributed by atoms with Gasteiger partial charge in [0.25, 0.3) is 0 Å². The van der Waals surface area contributed by atoms with E-state index in [-0.39, 0.29) is 17.7 Å². The summed E-state index contributed by atoms with van der Waals surface area (Å²) in [5, 5.41) is 2.95. The number of rotatable bonds is 7. The number of hydrogen-bond donors (Lipinski definition) is 1. The Morgan fingerprint density at radius 3 is 2.61 bits per heavy atom. The number of hydrogen-bond acceptors (Lipinski definition) is 3. The fourth-order valence-corrected chi connectivity index (χ4v) is 2.95. The molecule has 5 nitrogen and oxygen atoms in total. The lowest BCUT2D eigenvalue weighted by atomic mass is 10.1. The lowest BCUT2D eigenvalue weighted by Gasteiger charge is -2.15. The van der Waals surface area contributed by atoms with Crippen molar-refractivity contribution in [2.45, 2.75) is 45.4 Å². The van der Waals surface area contributed by atoms with Crippen molar-refractivity contribution >= 4 is 11.8 Å². The lowest BCUT2D eigenvalue weighted by Crippen LogP contribution is -2.33. The molecule has 1 N–H and O–H groups in total. The monoisotopic (exact) mass is 316 g/mol. The zero-order chi connectivity index (χ0) is 16.2. The highest BCUT2D eigenvalue weighted by molar-refractivity contribution is 5.89. The Morgan fingerprint density at radius 2 is 1.96 bits per heavy atom. The zero-order valence-corrected chi connectivity index (χ0v) is 13.6. The molecule has 3 rings (SSSR count). The second-order valence-electron chi connectivity index (χ2n) is 6.35. The average molecular weight is 316 g/mol. The van der Waals surface area contributed by atoms with Crippen molar-refractivity contribution in [2.24, 2.45) is 5.92 Å². The van der Waals surface area contributed by atoms with Crippen LogP contribution >= 0.6 is 0 Å². The molecular weight excluding hydrogens is 292 g/mol. The largest absolute Gasteiger partial charge is 0.377 e. The van der Waals surface area contributed by atoms with E-state index in [1.807, 2.05) is 36.1 Å². The molecule has 5 heteroatoms. The van der Waals surface area contributed by atoms with Crippen LogP contribution < -0.4 is 5.32 Å². The first-order valence-corrected chi connectivity index (χ1v) is 8.40. The van der Waals surface area contributed by atoms with E-state index in [4.69, 9.17) is 4.74 Å². The summed E-state index contributed by atoms with van der Waals surface area (Å²) in [6.07, 6.45) is 2.54. The molecular formula is C18H24N2O3. The van der Waals surface area contributed by atoms with E-state index < -0.39 is 0 Å². The molecule has 0 radical (unpaired) electrons. The van der Waals surface area contributed by atoms with E-state index in [2.05, 4.69) is 5.32 Å². The maximum Gasteiger partial charge on any atom is 0.225 e. The maximum atomic E-state index is 12.3. The normalized spacial score (nSPS) is 20.8. The van der Waals surface area contributed by atoms with Gasteiger partial charge in [-0.1, -0.05) is 24.3 Å². The summed E-state index contributed by atoms with van der Waals surface area (Å²) in [6, 6.07) is 8.45. The highest BCUT2D eigenvalue weighted by atomic mass is 16.5. The Bertz CT molecular complexity index is 566. The van der Waals surface area contributed by atoms with Crippen LogP contribution in [0.5, 0.6) is 0 Å². The topological polar surface area (TPSA) is 58.6 Å². The molecule has 0 spiro atoms. The van der Waals surface area contributed by atoms with Gasteiger partial charge in [0.15, 0.2) is 0 Å². The van der Waals surface area contributed by atoms with Gasteiger partial charge < -0.3 is 15.0 Å². The minimum absolute atomic E-state index is 0.0140. The van der Waals surface area contributed by atoms with Crippen LogP contribution in [-0.2, 0) is 27.5 Å². The first kappa shape index (κ1) is 16.0. The van der Waals surface area contributed by atoms with Crippen LogP contribution in [0.1, 0.15) is 37.3 Å². The van der Waals surface area contributed by atoms with Crippen molar-refractivity contribution in [1.82, 2.24) is 10.2 Å². The Kier molecular flexibility index (Phi) is 4.96. The third-order valence-electron chi connectivity index (χ3n) is 4.48. The van der Waals surface area contributed by atoms with Gasteiger partial charge in [0.05, 0.1) is 12.5 Å². The van der Waals surface area contributed by atoms with Crippen molar-refractivity contribution in [3.8, 4) is 0 Å². The van der Waals surface area contributed by atoms with Gasteiger partial charge in [0, 0.05) is 32.2 Å². The summed E-state index contributed by atoms with van der Waals surface area (Å²) in [6.45, 7) is 4.38. The molecule has 2 amide bonds. The Balaban J connectivity index is 1.46. The maximum absolute atomic E-state index is 12.3. The van der Waals surface area contributed by atoms with Crippen molar-refractivity contribution in [3.05, 3.63) is 35.4 Å². The number of carbonyl (C=O) groups is 2. The first-order chi connectivity index (χ1) is 11.2. The van der Waals surface area contributed by atoms with E-state index in [0.717, 1.165) is 24.0 Å². The molecule has 1 aliphatic heterocycles. The van der Waals surface area contributed by atoms with Crippen LogP contribution in [-0.4, -0.2) is 35.9 Å². The summed E-state index contributed by atoms with van der Waals surface area (Å²) in [4.78, 5) is 26.0. The minimum Gasteiger partial charge on any atom is -0.377 e. The summed E-state index contributed by atoms with van der Waals surface area (Å²) < 4.78 is 5.36. The predicted octanol–water partition coefficient (Wildman–Crippen LogP) is 1.85. The SMILES string of the molecule is CCOCc1ccc(CNC(=O)C2CC(=O)N(C3CC3)C2)cc1. The molecule has 1 saturated heterocycles. The molecule has 1 saturated carbocycles. The van der Waals surface area contributed by atoms with Crippen LogP contribution in [0, 0.1) is 5.92 Å². The van der Waals surface area contributed by atoms with Gasteiger partial charge >= 0.3 is 0 Å². The fourth-order valence-electron chi connectivity index (χ4n) is 2.95. The van der Waals surface area contributed by atoms with E-state index in [1.165, 1.54) is 0 Å². The molecule has 23 heavy (non-hydrogen) atoms. The Morgan fingerprint density at radius 1 is 1.26 bits per heavy atom. The molecule has 1 aliphatic carbocycles. The van der Waals surface area contributed by atoms with Gasteiger partial charge in [-0.2, -0.15) is 0 Å². The van der Waals surface area contributed by atoms with Crippen LogP contribution in [0.3, 0.4) is 0 Å². The van der Waals surface area contributed by atoms with E-state index >= 15 is 0 Å². The molecule has 2 aliphatic rings. The highest BCUT2D eigenvalue weighted by Gasteiger charge is 2.41. The van der Waals surface area contributed by atoms with Crippen LogP contribution in [0.2, 0.25) is 0 Å². The molecule has 1 aromatic rings. The number of amides is 2. The second kappa shape index (κ2) is 7.13. The summed E-state index contributed by atoms with van der Waals surface area (Å²) in [7, 11) is 0. The van der Waals surface area contributed by atoms with Gasteiger partial charge in [0.2, 0.25) is 11.8 Å². The smallest absolute Gasteiger partial charge is 0.225 e. The summed E-state index contributed by atoms with van der Waals surface area (Å²) >= 11 is 0. The van der Waals surface area contributed by atoms with Crippen molar-refractivity contribution in [1.29, 1.82) is 0 Å². The van der Waals surface area contributed by atoms with Crippen LogP contribution in [0.4, 0.5) is 0 Å². The molecule has 1 heterocycles. The molecule has 1 unspecified atom stereocenters. The van der Waals surface area contributed by atoms with E-state index in [9.17, 15) is 9.59 Å². The highest BCUT2D eigenvalue weighted by Crippen LogP contribution is 2.32. The van der Waals surface area contributed by atoms with Gasteiger partial charge in [-0.25, -0.2) is 0 Å². The zero-order valence-electron chi connectivity index (χ0n) is 13.6. The summed E-state index contributed by atoms with van der Waals surface area (Å²) in [5.41, 5.74) is 2.19. The number of benzene rings is 1. The van der Waals surface area contributed by atoms with Crippen LogP contribution in [0.25, 0.3) is 0 Å². The Hall–Kier alpha value is -1.88. The van der Waals surface area contributed by atoms with Crippen molar-refractivity contribution in [2.75, 3.05) is 13.2 Å². The summed E-state index contributed by atoms with van der Waals surface area (Å²) in [5.74, 6) is -0.0758. The molecule has 0 aromatic heterocycles. The van der Waals surface area contributed by atoms with E-state index in [0.29, 0.717) is 38.8 Å². The van der Waals surface area contributed by atoms with Gasteiger partial charge in [-0.05, 0) is 30.9 Å². The lowest BCUT2D eigenvalue weighted by molar-refractivity contribution is -0.129. The third kappa shape index (κ3) is 4.10. The molecule has 124 valence electrons. The molecule has 0 bridgehead atoms. The standard InChI is InChI=1S/C18H24N2O3/c1-2-23-12-14-5-3-13(4-6-14)10-19-18(22)15-9-17(21)20(11-15)16-7-8-16/h3-6,15-16H,2,7-12H2,1H3,(H,19,22). The number of ether oxygens (including phenoxy) is 1. The average Bonchev–Trinajstić information content (AvgIpc) is 3.33. The third-order valence-corrected chi connectivity index (χ3v) is 4.48. The molecule has 1 atom stereocenters. The molecule has 1 aromatic carbocycles. The first-order valence-electron chi connectivity index (χ1n) is 8.40. The molecule has 2 fully saturated rings. The predicted molar refractivity (Wildman–Crippen MR) is 86.5 cm³/mol. The number of likely N-dealkylation sites (tertiary alicyclic amines) is 1. The second-order valence-corrected chi connectivity index (χ2v) is 6.35. The Labute approximate surface area is 137 Å². The number of nitrogens with zero attached hydrogens (tertiary/aromatic N) is 1. The van der Waals surface area contributed by atoms with Crippen molar-refractivity contribution < 1.29 is 14.3 Å². The minimum atomic E-state index is -0.194. The fraction of sp³-hybridized carbons (Fsp3) is 0.556. The number of nitrogens with one attached hydrogen (secondary N) is 1. The van der Waals surface area contributed by atoms with E-state index in [1.54, 1.807) is 0 Å². The van der Waals surface area contributed by atoms with Gasteiger partial charge in [-0.15, -0.1) is 0 Å². The number of carbonyl (C=O) groups excluding carboxylic acids is 2. The quantitative estimate of drug-likeness (QED) is 0.835. The van der Waals surface area contributed by atoms with Crippen LogP contribution in [0.15, 0.2) is 24.3 Å². The van der Waals surface area contributed by atoms with Gasteiger partial charge in [-0.3, -0.25) is 9.59 Å². The van der Waals surface area contributed by atoms with Gasteiger partial charge in [0.1, 0.15) is 0 Å².